The van der Waals surface area contributed by atoms with E-state index in [1.54, 1.807) is 26.0 Å². The number of nitrogens with zero attached hydrogens (tertiary/aromatic N) is 1. The van der Waals surface area contributed by atoms with Crippen molar-refractivity contribution >= 4 is 11.6 Å². The summed E-state index contributed by atoms with van der Waals surface area (Å²) in [7, 11) is 0. The van der Waals surface area contributed by atoms with Crippen LogP contribution < -0.4 is 11.1 Å². The van der Waals surface area contributed by atoms with Gasteiger partial charge in [-0.15, -0.1) is 0 Å². The van der Waals surface area contributed by atoms with E-state index in [1.165, 1.54) is 6.07 Å². The highest BCUT2D eigenvalue weighted by atomic mass is 16.6. The maximum Gasteiger partial charge on any atom is 0.272 e. The second-order valence-electron chi connectivity index (χ2n) is 4.17. The van der Waals surface area contributed by atoms with Crippen LogP contribution in [0.25, 0.3) is 0 Å². The van der Waals surface area contributed by atoms with Gasteiger partial charge in [0, 0.05) is 30.6 Å². The van der Waals surface area contributed by atoms with Crippen molar-refractivity contribution in [3.05, 3.63) is 39.4 Å². The van der Waals surface area contributed by atoms with Gasteiger partial charge in [0.05, 0.1) is 4.92 Å². The fraction of sp³-hybridized carbons (Fsp3) is 0.417. The zero-order chi connectivity index (χ0) is 13.7. The molecule has 1 unspecified atom stereocenters. The summed E-state index contributed by atoms with van der Waals surface area (Å²) in [6.45, 7) is 3.96. The number of benzene rings is 1. The Morgan fingerprint density at radius 2 is 2.22 bits per heavy atom. The Morgan fingerprint density at radius 3 is 2.78 bits per heavy atom. The van der Waals surface area contributed by atoms with Crippen molar-refractivity contribution in [1.82, 2.24) is 5.32 Å². The van der Waals surface area contributed by atoms with Crippen LogP contribution in [0.2, 0.25) is 0 Å². The molecule has 0 saturated carbocycles. The number of carbonyl (C=O) groups excluding carboxylic acids is 1. The van der Waals surface area contributed by atoms with Gasteiger partial charge < -0.3 is 11.1 Å². The van der Waals surface area contributed by atoms with E-state index in [0.717, 1.165) is 5.56 Å². The minimum Gasteiger partial charge on any atom is -0.352 e. The number of rotatable bonds is 5. The topological polar surface area (TPSA) is 98.3 Å². The molecule has 0 heterocycles. The Hall–Kier alpha value is -1.95. The average molecular weight is 251 g/mol. The van der Waals surface area contributed by atoms with Crippen LogP contribution in [0.1, 0.15) is 18.1 Å². The first kappa shape index (κ1) is 14.1. The second kappa shape index (κ2) is 6.11. The maximum atomic E-state index is 11.6. The van der Waals surface area contributed by atoms with Gasteiger partial charge in [0.15, 0.2) is 0 Å². The highest BCUT2D eigenvalue weighted by Crippen LogP contribution is 2.20. The predicted molar refractivity (Wildman–Crippen MR) is 67.9 cm³/mol. The van der Waals surface area contributed by atoms with Gasteiger partial charge in [-0.3, -0.25) is 14.9 Å². The van der Waals surface area contributed by atoms with E-state index in [1.807, 2.05) is 0 Å². The standard InChI is InChI=1S/C12H17N3O3/c1-8(6-13)12(16)14-7-10-4-3-5-11(9(10)2)15(17)18/h3-5,8H,6-7,13H2,1-2H3,(H,14,16). The molecule has 18 heavy (non-hydrogen) atoms. The second-order valence-corrected chi connectivity index (χ2v) is 4.17. The first-order valence-electron chi connectivity index (χ1n) is 5.68. The SMILES string of the molecule is Cc1c(CNC(=O)C(C)CN)cccc1[N+](=O)[O-]. The quantitative estimate of drug-likeness (QED) is 0.605. The van der Waals surface area contributed by atoms with Crippen LogP contribution in [0.4, 0.5) is 5.69 Å². The van der Waals surface area contributed by atoms with Crippen molar-refractivity contribution in [2.24, 2.45) is 11.7 Å². The smallest absolute Gasteiger partial charge is 0.272 e. The lowest BCUT2D eigenvalue weighted by atomic mass is 10.1. The van der Waals surface area contributed by atoms with Gasteiger partial charge in [-0.1, -0.05) is 19.1 Å². The number of amides is 1. The maximum absolute atomic E-state index is 11.6. The third-order valence-corrected chi connectivity index (χ3v) is 2.87. The summed E-state index contributed by atoms with van der Waals surface area (Å²) in [6, 6.07) is 4.82. The third kappa shape index (κ3) is 3.27. The molecule has 1 aromatic rings. The minimum absolute atomic E-state index is 0.0635. The zero-order valence-electron chi connectivity index (χ0n) is 10.5. The van der Waals surface area contributed by atoms with Gasteiger partial charge in [-0.2, -0.15) is 0 Å². The van der Waals surface area contributed by atoms with Gasteiger partial charge in [0.25, 0.3) is 5.69 Å². The summed E-state index contributed by atoms with van der Waals surface area (Å²) in [5, 5.41) is 13.5. The largest absolute Gasteiger partial charge is 0.352 e. The fourth-order valence-electron chi connectivity index (χ4n) is 1.52. The van der Waals surface area contributed by atoms with E-state index < -0.39 is 4.92 Å². The van der Waals surface area contributed by atoms with Gasteiger partial charge >= 0.3 is 0 Å². The number of hydrogen-bond acceptors (Lipinski definition) is 4. The predicted octanol–water partition coefficient (Wildman–Crippen LogP) is 1.11. The van der Waals surface area contributed by atoms with Gasteiger partial charge in [0.2, 0.25) is 5.91 Å². The summed E-state index contributed by atoms with van der Waals surface area (Å²) in [6.07, 6.45) is 0. The van der Waals surface area contributed by atoms with Crippen molar-refractivity contribution < 1.29 is 9.72 Å². The Bertz CT molecular complexity index is 460. The Kier molecular flexibility index (Phi) is 4.79. The number of nitro benzene ring substituents is 1. The number of hydrogen-bond donors (Lipinski definition) is 2. The molecule has 0 saturated heterocycles. The van der Waals surface area contributed by atoms with Crippen molar-refractivity contribution in [2.45, 2.75) is 20.4 Å². The molecule has 0 aliphatic carbocycles. The molecule has 0 aliphatic rings. The average Bonchev–Trinajstić information content (AvgIpc) is 2.35. The molecule has 0 bridgehead atoms. The molecule has 0 fully saturated rings. The third-order valence-electron chi connectivity index (χ3n) is 2.87. The molecule has 0 radical (unpaired) electrons. The minimum atomic E-state index is -0.427. The highest BCUT2D eigenvalue weighted by molar-refractivity contribution is 5.78. The fourth-order valence-corrected chi connectivity index (χ4v) is 1.52. The lowest BCUT2D eigenvalue weighted by molar-refractivity contribution is -0.385. The molecule has 3 N–H and O–H groups in total. The number of nitro groups is 1. The van der Waals surface area contributed by atoms with Crippen LogP contribution in [-0.2, 0) is 11.3 Å². The number of nitrogens with two attached hydrogens (primary N) is 1. The van der Waals surface area contributed by atoms with Crippen LogP contribution in [0.3, 0.4) is 0 Å². The zero-order valence-corrected chi connectivity index (χ0v) is 10.5. The van der Waals surface area contributed by atoms with Gasteiger partial charge in [-0.05, 0) is 12.5 Å². The molecule has 6 heteroatoms. The first-order chi connectivity index (χ1) is 8.47. The molecule has 1 amide bonds. The molecule has 0 aromatic heterocycles. The van der Waals surface area contributed by atoms with E-state index in [-0.39, 0.29) is 30.6 Å². The normalized spacial score (nSPS) is 11.9. The monoisotopic (exact) mass is 251 g/mol. The van der Waals surface area contributed by atoms with E-state index >= 15 is 0 Å². The van der Waals surface area contributed by atoms with E-state index in [9.17, 15) is 14.9 Å². The Labute approximate surface area is 105 Å². The van der Waals surface area contributed by atoms with E-state index in [4.69, 9.17) is 5.73 Å². The molecular weight excluding hydrogens is 234 g/mol. The van der Waals surface area contributed by atoms with Crippen molar-refractivity contribution in [1.29, 1.82) is 0 Å². The van der Waals surface area contributed by atoms with Crippen LogP contribution in [0.15, 0.2) is 18.2 Å². The molecular formula is C12H17N3O3. The first-order valence-corrected chi connectivity index (χ1v) is 5.68. The lowest BCUT2D eigenvalue weighted by Gasteiger charge is -2.11. The Balaban J connectivity index is 2.77. The summed E-state index contributed by atoms with van der Waals surface area (Å²) < 4.78 is 0. The summed E-state index contributed by atoms with van der Waals surface area (Å²) in [4.78, 5) is 21.9. The molecule has 0 spiro atoms. The van der Waals surface area contributed by atoms with Gasteiger partial charge in [-0.25, -0.2) is 0 Å². The van der Waals surface area contributed by atoms with Crippen LogP contribution in [-0.4, -0.2) is 17.4 Å². The summed E-state index contributed by atoms with van der Waals surface area (Å²) >= 11 is 0. The molecule has 6 nitrogen and oxygen atoms in total. The van der Waals surface area contributed by atoms with Crippen LogP contribution in [0, 0.1) is 23.0 Å². The number of carbonyl (C=O) groups is 1. The van der Waals surface area contributed by atoms with Crippen LogP contribution >= 0.6 is 0 Å². The van der Waals surface area contributed by atoms with Gasteiger partial charge in [0.1, 0.15) is 0 Å². The molecule has 0 aliphatic heterocycles. The molecule has 1 atom stereocenters. The van der Waals surface area contributed by atoms with Crippen LogP contribution in [0.5, 0.6) is 0 Å². The summed E-state index contributed by atoms with van der Waals surface area (Å²) in [5.41, 5.74) is 6.76. The van der Waals surface area contributed by atoms with E-state index in [0.29, 0.717) is 5.56 Å². The van der Waals surface area contributed by atoms with Crippen molar-refractivity contribution in [2.75, 3.05) is 6.54 Å². The van der Waals surface area contributed by atoms with Crippen molar-refractivity contribution in [3.63, 3.8) is 0 Å². The molecule has 1 rings (SSSR count). The lowest BCUT2D eigenvalue weighted by Crippen LogP contribution is -2.32. The van der Waals surface area contributed by atoms with E-state index in [2.05, 4.69) is 5.32 Å². The number of nitrogens with one attached hydrogen (secondary N) is 1. The highest BCUT2D eigenvalue weighted by Gasteiger charge is 2.15. The summed E-state index contributed by atoms with van der Waals surface area (Å²) in [5.74, 6) is -0.410. The van der Waals surface area contributed by atoms with Crippen molar-refractivity contribution in [3.8, 4) is 0 Å². The molecule has 98 valence electrons. The Morgan fingerprint density at radius 1 is 1.56 bits per heavy atom. The molecule has 1 aromatic carbocycles.